The van der Waals surface area contributed by atoms with Crippen molar-refractivity contribution in [3.63, 3.8) is 0 Å². The molecule has 3 aliphatic heterocycles. The van der Waals surface area contributed by atoms with Crippen molar-refractivity contribution in [2.24, 2.45) is 11.8 Å². The minimum Gasteiger partial charge on any atom is -0.481 e. The van der Waals surface area contributed by atoms with E-state index in [1.54, 1.807) is 17.9 Å². The molecule has 0 saturated carbocycles. The number of aliphatic carboxylic acids is 1. The lowest BCUT2D eigenvalue weighted by molar-refractivity contribution is -0.154. The molecule has 172 valence electrons. The number of aryl methyl sites for hydroxylation is 2. The lowest BCUT2D eigenvalue weighted by atomic mass is 9.66. The number of rotatable bonds is 7. The number of aliphatic hydroxyl groups excluding tert-OH is 1. The molecule has 3 aliphatic rings. The second-order valence-corrected chi connectivity index (χ2v) is 9.35. The molecule has 0 aliphatic carbocycles. The lowest BCUT2D eigenvalue weighted by Crippen LogP contribution is -2.57. The number of hydrogen-bond donors (Lipinski definition) is 2. The third-order valence-corrected chi connectivity index (χ3v) is 7.35. The Hall–Kier alpha value is -2.71. The standard InChI is InChI=1S/C24H30N2O6/c1-5-10-25(16-13-14(2)6-7-15(16)3)21(29)19-24-9-8-23(4,32-24)18(22(30)31)17(24)20(28)26(19)11-12-27/h5-7,13,17-19,27H,1,8-12H2,2-4H3,(H,30,31)/t17-,18-,19?,23+,24?/m0/s1. The quantitative estimate of drug-likeness (QED) is 0.622. The Morgan fingerprint density at radius 3 is 2.69 bits per heavy atom. The van der Waals surface area contributed by atoms with Crippen molar-refractivity contribution >= 4 is 23.5 Å². The molecule has 2 bridgehead atoms. The first-order chi connectivity index (χ1) is 15.1. The molecular weight excluding hydrogens is 412 g/mol. The van der Waals surface area contributed by atoms with Gasteiger partial charge in [-0.3, -0.25) is 14.4 Å². The second-order valence-electron chi connectivity index (χ2n) is 9.35. The number of aliphatic hydroxyl groups is 1. The molecule has 4 rings (SSSR count). The zero-order valence-corrected chi connectivity index (χ0v) is 18.7. The molecule has 2 N–H and O–H groups in total. The fourth-order valence-corrected chi connectivity index (χ4v) is 6.02. The maximum Gasteiger partial charge on any atom is 0.310 e. The van der Waals surface area contributed by atoms with Gasteiger partial charge in [0.2, 0.25) is 5.91 Å². The normalized spacial score (nSPS) is 32.8. The van der Waals surface area contributed by atoms with E-state index in [1.807, 2.05) is 32.0 Å². The molecule has 1 aromatic carbocycles. The van der Waals surface area contributed by atoms with Gasteiger partial charge in [0, 0.05) is 18.8 Å². The SMILES string of the molecule is C=CCN(C(=O)C1N(CCO)C(=O)[C@@H]2[C@@H](C(=O)O)[C@@]3(C)CCC12O3)c1cc(C)ccc1C. The average molecular weight is 443 g/mol. The van der Waals surface area contributed by atoms with E-state index >= 15 is 0 Å². The Morgan fingerprint density at radius 2 is 2.06 bits per heavy atom. The van der Waals surface area contributed by atoms with Gasteiger partial charge < -0.3 is 24.7 Å². The highest BCUT2D eigenvalue weighted by atomic mass is 16.5. The highest BCUT2D eigenvalue weighted by Gasteiger charge is 2.78. The summed E-state index contributed by atoms with van der Waals surface area (Å²) >= 11 is 0. The van der Waals surface area contributed by atoms with Crippen LogP contribution < -0.4 is 4.90 Å². The minimum atomic E-state index is -1.22. The van der Waals surface area contributed by atoms with Gasteiger partial charge in [-0.05, 0) is 50.8 Å². The number of carbonyl (C=O) groups excluding carboxylic acids is 2. The summed E-state index contributed by atoms with van der Waals surface area (Å²) in [6, 6.07) is 4.78. The smallest absolute Gasteiger partial charge is 0.310 e. The number of β-amino-alcohol motifs (C(OH)–C–C–N with tert-alkyl or cyclic N) is 1. The lowest BCUT2D eigenvalue weighted by Gasteiger charge is -2.37. The van der Waals surface area contributed by atoms with E-state index < -0.39 is 41.0 Å². The Bertz CT molecular complexity index is 993. The van der Waals surface area contributed by atoms with E-state index in [2.05, 4.69) is 6.58 Å². The molecule has 2 unspecified atom stereocenters. The number of likely N-dealkylation sites (tertiary alicyclic amines) is 1. The molecule has 0 aromatic heterocycles. The van der Waals surface area contributed by atoms with Crippen LogP contribution in [-0.4, -0.2) is 69.8 Å². The van der Waals surface area contributed by atoms with Gasteiger partial charge in [-0.2, -0.15) is 0 Å². The average Bonchev–Trinajstić information content (AvgIpc) is 3.29. The molecule has 8 heteroatoms. The largest absolute Gasteiger partial charge is 0.481 e. The summed E-state index contributed by atoms with van der Waals surface area (Å²) in [7, 11) is 0. The van der Waals surface area contributed by atoms with Crippen molar-refractivity contribution in [1.29, 1.82) is 0 Å². The highest BCUT2D eigenvalue weighted by Crippen LogP contribution is 2.63. The Labute approximate surface area is 187 Å². The fraction of sp³-hybridized carbons (Fsp3) is 0.542. The molecule has 3 saturated heterocycles. The Kier molecular flexibility index (Phi) is 5.41. The van der Waals surface area contributed by atoms with Crippen LogP contribution in [0.2, 0.25) is 0 Å². The van der Waals surface area contributed by atoms with Crippen molar-refractivity contribution in [3.05, 3.63) is 42.0 Å². The van der Waals surface area contributed by atoms with Crippen LogP contribution in [-0.2, 0) is 19.1 Å². The molecule has 32 heavy (non-hydrogen) atoms. The summed E-state index contributed by atoms with van der Waals surface area (Å²) in [4.78, 5) is 42.6. The van der Waals surface area contributed by atoms with Crippen molar-refractivity contribution in [3.8, 4) is 0 Å². The van der Waals surface area contributed by atoms with E-state index in [0.717, 1.165) is 11.1 Å². The first-order valence-electron chi connectivity index (χ1n) is 10.9. The van der Waals surface area contributed by atoms with Crippen LogP contribution >= 0.6 is 0 Å². The zero-order valence-electron chi connectivity index (χ0n) is 18.7. The van der Waals surface area contributed by atoms with Gasteiger partial charge in [-0.15, -0.1) is 6.58 Å². The number of carbonyl (C=O) groups is 3. The number of ether oxygens (including phenoxy) is 1. The first-order valence-corrected chi connectivity index (χ1v) is 10.9. The summed E-state index contributed by atoms with van der Waals surface area (Å²) in [5, 5.41) is 19.6. The maximum atomic E-state index is 14.1. The van der Waals surface area contributed by atoms with Crippen LogP contribution in [0.4, 0.5) is 5.69 Å². The van der Waals surface area contributed by atoms with Gasteiger partial charge in [-0.1, -0.05) is 18.2 Å². The number of carboxylic acid groups (broad SMARTS) is 1. The molecule has 2 amide bonds. The predicted octanol–water partition coefficient (Wildman–Crippen LogP) is 1.66. The van der Waals surface area contributed by atoms with Crippen molar-refractivity contribution in [2.75, 3.05) is 24.6 Å². The summed E-state index contributed by atoms with van der Waals surface area (Å²) in [6.45, 7) is 9.18. The summed E-state index contributed by atoms with van der Waals surface area (Å²) in [5.41, 5.74) is 0.357. The Morgan fingerprint density at radius 1 is 1.34 bits per heavy atom. The van der Waals surface area contributed by atoms with Crippen LogP contribution in [0.25, 0.3) is 0 Å². The van der Waals surface area contributed by atoms with Gasteiger partial charge in [-0.25, -0.2) is 0 Å². The van der Waals surface area contributed by atoms with E-state index in [0.29, 0.717) is 18.5 Å². The second kappa shape index (κ2) is 7.71. The summed E-state index contributed by atoms with van der Waals surface area (Å²) < 4.78 is 6.35. The predicted molar refractivity (Wildman–Crippen MR) is 117 cm³/mol. The highest BCUT2D eigenvalue weighted by molar-refractivity contribution is 6.05. The van der Waals surface area contributed by atoms with Gasteiger partial charge in [0.1, 0.15) is 11.6 Å². The first kappa shape index (κ1) is 22.5. The molecule has 5 atom stereocenters. The molecule has 3 fully saturated rings. The number of carboxylic acids is 1. The van der Waals surface area contributed by atoms with Crippen LogP contribution in [0.5, 0.6) is 0 Å². The van der Waals surface area contributed by atoms with E-state index in [1.165, 1.54) is 4.90 Å². The van der Waals surface area contributed by atoms with Gasteiger partial charge in [0.05, 0.1) is 24.0 Å². The third kappa shape index (κ3) is 3.00. The van der Waals surface area contributed by atoms with Gasteiger partial charge >= 0.3 is 5.97 Å². The number of benzene rings is 1. The number of amides is 2. The van der Waals surface area contributed by atoms with Crippen LogP contribution in [0.1, 0.15) is 30.9 Å². The fourth-order valence-electron chi connectivity index (χ4n) is 6.02. The van der Waals surface area contributed by atoms with Gasteiger partial charge in [0.15, 0.2) is 0 Å². The third-order valence-electron chi connectivity index (χ3n) is 7.35. The number of anilines is 1. The molecule has 1 aromatic rings. The molecular formula is C24H30N2O6. The van der Waals surface area contributed by atoms with Crippen molar-refractivity contribution < 1.29 is 29.3 Å². The van der Waals surface area contributed by atoms with Gasteiger partial charge in [0.25, 0.3) is 5.91 Å². The van der Waals surface area contributed by atoms with E-state index in [-0.39, 0.29) is 25.6 Å². The monoisotopic (exact) mass is 442 g/mol. The van der Waals surface area contributed by atoms with E-state index in [9.17, 15) is 24.6 Å². The Balaban J connectivity index is 1.83. The number of nitrogens with zero attached hydrogens (tertiary/aromatic N) is 2. The minimum absolute atomic E-state index is 0.0609. The molecule has 3 heterocycles. The van der Waals surface area contributed by atoms with Crippen LogP contribution in [0.15, 0.2) is 30.9 Å². The van der Waals surface area contributed by atoms with Crippen molar-refractivity contribution in [2.45, 2.75) is 50.9 Å². The zero-order chi connectivity index (χ0) is 23.4. The summed E-state index contributed by atoms with van der Waals surface area (Å²) in [5.74, 6) is -3.87. The maximum absolute atomic E-state index is 14.1. The van der Waals surface area contributed by atoms with Crippen molar-refractivity contribution in [1.82, 2.24) is 4.90 Å². The molecule has 8 nitrogen and oxygen atoms in total. The molecule has 1 spiro atoms. The summed E-state index contributed by atoms with van der Waals surface area (Å²) in [6.07, 6.45) is 2.49. The molecule has 0 radical (unpaired) electrons. The van der Waals surface area contributed by atoms with E-state index in [4.69, 9.17) is 4.74 Å². The van der Waals surface area contributed by atoms with Crippen LogP contribution in [0, 0.1) is 25.7 Å². The number of hydrogen-bond acceptors (Lipinski definition) is 5. The topological polar surface area (TPSA) is 107 Å². The number of fused-ring (bicyclic) bond motifs is 1. The van der Waals surface area contributed by atoms with Crippen LogP contribution in [0.3, 0.4) is 0 Å².